The van der Waals surface area contributed by atoms with E-state index in [0.717, 1.165) is 22.2 Å². The molecule has 1 aromatic heterocycles. The highest BCUT2D eigenvalue weighted by atomic mass is 16.5. The average Bonchev–Trinajstić information content (AvgIpc) is 2.60. The Morgan fingerprint density at radius 1 is 1.12 bits per heavy atom. The van der Waals surface area contributed by atoms with E-state index in [1.807, 2.05) is 62.4 Å². The summed E-state index contributed by atoms with van der Waals surface area (Å²) in [5.41, 5.74) is 2.55. The third-order valence-electron chi connectivity index (χ3n) is 3.61. The summed E-state index contributed by atoms with van der Waals surface area (Å²) < 4.78 is 5.61. The van der Waals surface area contributed by atoms with E-state index in [0.29, 0.717) is 12.1 Å². The van der Waals surface area contributed by atoms with Gasteiger partial charge in [-0.1, -0.05) is 18.2 Å². The van der Waals surface area contributed by atoms with Gasteiger partial charge in [0.05, 0.1) is 11.6 Å². The number of nitrogens with zero attached hydrogens (tertiary/aromatic N) is 1. The van der Waals surface area contributed by atoms with E-state index in [4.69, 9.17) is 4.74 Å². The summed E-state index contributed by atoms with van der Waals surface area (Å²) in [6, 6.07) is 17.1. The van der Waals surface area contributed by atoms with Crippen molar-refractivity contribution in [2.24, 2.45) is 0 Å². The first kappa shape index (κ1) is 16.0. The zero-order chi connectivity index (χ0) is 16.9. The molecule has 0 atom stereocenters. The summed E-state index contributed by atoms with van der Waals surface area (Å²) in [5.74, 6) is 0.741. The summed E-state index contributed by atoms with van der Waals surface area (Å²) in [4.78, 5) is 16.6. The van der Waals surface area contributed by atoms with E-state index in [1.165, 1.54) is 0 Å². The summed E-state index contributed by atoms with van der Waals surface area (Å²) in [6.07, 6.45) is 1.90. The fraction of sp³-hybridized carbons (Fsp3) is 0.200. The largest absolute Gasteiger partial charge is 0.491 e. The van der Waals surface area contributed by atoms with E-state index in [1.54, 1.807) is 12.3 Å². The second-order valence-corrected chi connectivity index (χ2v) is 5.90. The molecule has 4 heteroatoms. The van der Waals surface area contributed by atoms with Crippen LogP contribution in [0.25, 0.3) is 10.9 Å². The maximum absolute atomic E-state index is 12.3. The number of hydrogen-bond acceptors (Lipinski definition) is 3. The molecule has 0 aliphatic heterocycles. The molecule has 0 saturated carbocycles. The summed E-state index contributed by atoms with van der Waals surface area (Å²) in [7, 11) is 0. The van der Waals surface area contributed by atoms with Gasteiger partial charge in [-0.25, -0.2) is 0 Å². The van der Waals surface area contributed by atoms with Crippen LogP contribution in [-0.2, 0) is 6.54 Å². The van der Waals surface area contributed by atoms with Crippen molar-refractivity contribution in [3.8, 4) is 5.75 Å². The summed E-state index contributed by atoms with van der Waals surface area (Å²) in [5, 5.41) is 3.90. The van der Waals surface area contributed by atoms with Gasteiger partial charge in [0, 0.05) is 23.7 Å². The fourth-order valence-electron chi connectivity index (χ4n) is 2.46. The molecule has 0 unspecified atom stereocenters. The molecule has 0 saturated heterocycles. The lowest BCUT2D eigenvalue weighted by molar-refractivity contribution is 0.0951. The van der Waals surface area contributed by atoms with Gasteiger partial charge in [-0.2, -0.15) is 0 Å². The molecule has 1 amide bonds. The minimum absolute atomic E-state index is 0.0942. The Hall–Kier alpha value is -2.88. The van der Waals surface area contributed by atoms with E-state index < -0.39 is 0 Å². The number of fused-ring (bicyclic) bond motifs is 1. The third kappa shape index (κ3) is 3.90. The normalized spacial score (nSPS) is 10.8. The number of nitrogens with one attached hydrogen (secondary N) is 1. The second kappa shape index (κ2) is 7.13. The van der Waals surface area contributed by atoms with Crippen LogP contribution in [0.5, 0.6) is 5.75 Å². The number of benzene rings is 2. The molecule has 24 heavy (non-hydrogen) atoms. The van der Waals surface area contributed by atoms with Crippen molar-refractivity contribution in [3.05, 3.63) is 71.9 Å². The monoisotopic (exact) mass is 320 g/mol. The third-order valence-corrected chi connectivity index (χ3v) is 3.61. The summed E-state index contributed by atoms with van der Waals surface area (Å²) in [6.45, 7) is 4.46. The van der Waals surface area contributed by atoms with Gasteiger partial charge in [0.2, 0.25) is 0 Å². The van der Waals surface area contributed by atoms with E-state index in [-0.39, 0.29) is 12.0 Å². The number of hydrogen-bond donors (Lipinski definition) is 1. The molecule has 3 aromatic rings. The van der Waals surface area contributed by atoms with Crippen LogP contribution in [0.3, 0.4) is 0 Å². The van der Waals surface area contributed by atoms with Crippen molar-refractivity contribution >= 4 is 16.8 Å². The van der Waals surface area contributed by atoms with Gasteiger partial charge in [-0.15, -0.1) is 0 Å². The molecule has 1 heterocycles. The van der Waals surface area contributed by atoms with Crippen LogP contribution < -0.4 is 10.1 Å². The molecule has 0 spiro atoms. The standard InChI is InChI=1S/C20H20N2O2/c1-14(2)24-18-8-5-15(6-9-18)13-22-20(23)17-7-10-19-16(12-17)4-3-11-21-19/h3-12,14H,13H2,1-2H3,(H,22,23). The molecule has 1 N–H and O–H groups in total. The van der Waals surface area contributed by atoms with Crippen LogP contribution in [0.2, 0.25) is 0 Å². The van der Waals surface area contributed by atoms with Crippen molar-refractivity contribution < 1.29 is 9.53 Å². The Kier molecular flexibility index (Phi) is 4.75. The van der Waals surface area contributed by atoms with Gasteiger partial charge >= 0.3 is 0 Å². The van der Waals surface area contributed by atoms with Crippen molar-refractivity contribution in [1.82, 2.24) is 10.3 Å². The molecule has 4 nitrogen and oxygen atoms in total. The molecule has 2 aromatic carbocycles. The van der Waals surface area contributed by atoms with Gasteiger partial charge in [-0.05, 0) is 55.8 Å². The minimum Gasteiger partial charge on any atom is -0.491 e. The highest BCUT2D eigenvalue weighted by Crippen LogP contribution is 2.15. The molecular formula is C20H20N2O2. The van der Waals surface area contributed by atoms with Crippen molar-refractivity contribution in [2.45, 2.75) is 26.5 Å². The second-order valence-electron chi connectivity index (χ2n) is 5.90. The number of ether oxygens (including phenoxy) is 1. The Morgan fingerprint density at radius 3 is 2.67 bits per heavy atom. The van der Waals surface area contributed by atoms with Gasteiger partial charge in [0.1, 0.15) is 5.75 Å². The van der Waals surface area contributed by atoms with Crippen molar-refractivity contribution in [2.75, 3.05) is 0 Å². The van der Waals surface area contributed by atoms with Crippen LogP contribution >= 0.6 is 0 Å². The molecule has 0 fully saturated rings. The first-order valence-corrected chi connectivity index (χ1v) is 8.00. The average molecular weight is 320 g/mol. The van der Waals surface area contributed by atoms with Crippen LogP contribution in [0.4, 0.5) is 0 Å². The number of amides is 1. The first-order chi connectivity index (χ1) is 11.6. The molecule has 0 aliphatic rings. The SMILES string of the molecule is CC(C)Oc1ccc(CNC(=O)c2ccc3ncccc3c2)cc1. The molecule has 0 radical (unpaired) electrons. The lowest BCUT2D eigenvalue weighted by Gasteiger charge is -2.10. The maximum Gasteiger partial charge on any atom is 0.251 e. The smallest absolute Gasteiger partial charge is 0.251 e. The van der Waals surface area contributed by atoms with Crippen molar-refractivity contribution in [1.29, 1.82) is 0 Å². The van der Waals surface area contributed by atoms with Crippen LogP contribution in [-0.4, -0.2) is 17.0 Å². The lowest BCUT2D eigenvalue weighted by atomic mass is 10.1. The predicted octanol–water partition coefficient (Wildman–Crippen LogP) is 3.95. The van der Waals surface area contributed by atoms with Gasteiger partial charge in [0.25, 0.3) is 5.91 Å². The van der Waals surface area contributed by atoms with E-state index in [9.17, 15) is 4.79 Å². The van der Waals surface area contributed by atoms with Gasteiger partial charge in [0.15, 0.2) is 0 Å². The molecule has 122 valence electrons. The van der Waals surface area contributed by atoms with Crippen LogP contribution in [0, 0.1) is 0 Å². The summed E-state index contributed by atoms with van der Waals surface area (Å²) >= 11 is 0. The Morgan fingerprint density at radius 2 is 1.92 bits per heavy atom. The quantitative estimate of drug-likeness (QED) is 0.774. The highest BCUT2D eigenvalue weighted by molar-refractivity contribution is 5.97. The van der Waals surface area contributed by atoms with Crippen molar-refractivity contribution in [3.63, 3.8) is 0 Å². The number of aromatic nitrogens is 1. The molecular weight excluding hydrogens is 300 g/mol. The van der Waals surface area contributed by atoms with Gasteiger partial charge < -0.3 is 10.1 Å². The fourth-order valence-corrected chi connectivity index (χ4v) is 2.46. The maximum atomic E-state index is 12.3. The molecule has 0 aliphatic carbocycles. The van der Waals surface area contributed by atoms with Crippen LogP contribution in [0.15, 0.2) is 60.8 Å². The lowest BCUT2D eigenvalue weighted by Crippen LogP contribution is -2.22. The Labute approximate surface area is 141 Å². The zero-order valence-corrected chi connectivity index (χ0v) is 13.8. The molecule has 3 rings (SSSR count). The highest BCUT2D eigenvalue weighted by Gasteiger charge is 2.07. The Balaban J connectivity index is 1.63. The number of carbonyl (C=O) groups excluding carboxylic acids is 1. The van der Waals surface area contributed by atoms with Gasteiger partial charge in [-0.3, -0.25) is 9.78 Å². The Bertz CT molecular complexity index is 842. The topological polar surface area (TPSA) is 51.2 Å². The van der Waals surface area contributed by atoms with Crippen LogP contribution in [0.1, 0.15) is 29.8 Å². The number of rotatable bonds is 5. The number of carbonyl (C=O) groups is 1. The zero-order valence-electron chi connectivity index (χ0n) is 13.8. The van der Waals surface area contributed by atoms with E-state index in [2.05, 4.69) is 10.3 Å². The minimum atomic E-state index is -0.0942. The van der Waals surface area contributed by atoms with E-state index >= 15 is 0 Å². The molecule has 0 bridgehead atoms. The predicted molar refractivity (Wildman–Crippen MR) is 95.1 cm³/mol. The first-order valence-electron chi connectivity index (χ1n) is 8.00. The number of pyridine rings is 1.